The minimum Gasteiger partial charge on any atom is -0.273 e. The van der Waals surface area contributed by atoms with E-state index in [2.05, 4.69) is 10.5 Å². The van der Waals surface area contributed by atoms with Gasteiger partial charge in [0.05, 0.1) is 0 Å². The number of aromatic nitrogens is 2. The molecule has 1 heterocycles. The van der Waals surface area contributed by atoms with Gasteiger partial charge in [0.2, 0.25) is 0 Å². The maximum atomic E-state index is 6.19. The second-order valence-corrected chi connectivity index (χ2v) is 5.63. The molecule has 1 unspecified atom stereocenters. The predicted octanol–water partition coefficient (Wildman–Crippen LogP) is 2.73. The largest absolute Gasteiger partial charge is 0.273 e. The number of nitrogens with two attached hydrogens (primary N) is 1. The van der Waals surface area contributed by atoms with E-state index in [0.717, 1.165) is 24.8 Å². The van der Waals surface area contributed by atoms with Gasteiger partial charge in [0.1, 0.15) is 0 Å². The Kier molecular flexibility index (Phi) is 5.43. The van der Waals surface area contributed by atoms with Crippen LogP contribution in [0.2, 0.25) is 10.0 Å². The number of hydrogen-bond donors (Lipinski definition) is 2. The Labute approximate surface area is 128 Å². The highest BCUT2D eigenvalue weighted by molar-refractivity contribution is 6.35. The molecule has 0 radical (unpaired) electrons. The fourth-order valence-electron chi connectivity index (χ4n) is 2.17. The van der Waals surface area contributed by atoms with E-state index in [1.807, 2.05) is 29.9 Å². The average molecular weight is 313 g/mol. The van der Waals surface area contributed by atoms with Crippen LogP contribution in [0.1, 0.15) is 17.7 Å². The maximum absolute atomic E-state index is 6.19. The lowest BCUT2D eigenvalue weighted by Gasteiger charge is -2.16. The summed E-state index contributed by atoms with van der Waals surface area (Å²) < 4.78 is 1.88. The van der Waals surface area contributed by atoms with E-state index in [1.165, 1.54) is 5.69 Å². The summed E-state index contributed by atoms with van der Waals surface area (Å²) in [5, 5.41) is 5.48. The van der Waals surface area contributed by atoms with Gasteiger partial charge in [-0.25, -0.2) is 0 Å². The normalized spacial score (nSPS) is 12.6. The quantitative estimate of drug-likeness (QED) is 0.637. The number of nitrogens with one attached hydrogen (secondary N) is 1. The Balaban J connectivity index is 1.97. The predicted molar refractivity (Wildman–Crippen MR) is 82.8 cm³/mol. The molecule has 0 bridgehead atoms. The minimum atomic E-state index is 0.156. The highest BCUT2D eigenvalue weighted by Gasteiger charge is 2.12. The van der Waals surface area contributed by atoms with Crippen LogP contribution in [0.25, 0.3) is 0 Å². The summed E-state index contributed by atoms with van der Waals surface area (Å²) in [6.07, 6.45) is 4.40. The van der Waals surface area contributed by atoms with Crippen LogP contribution in [0.3, 0.4) is 0 Å². The first-order chi connectivity index (χ1) is 9.60. The van der Waals surface area contributed by atoms with Crippen molar-refractivity contribution >= 4 is 23.2 Å². The summed E-state index contributed by atoms with van der Waals surface area (Å²) in [6.45, 7) is 0. The number of aryl methyl sites for hydroxylation is 2. The van der Waals surface area contributed by atoms with Crippen LogP contribution >= 0.6 is 23.2 Å². The summed E-state index contributed by atoms with van der Waals surface area (Å²) in [6, 6.07) is 7.72. The maximum Gasteiger partial charge on any atom is 0.0492 e. The highest BCUT2D eigenvalue weighted by atomic mass is 35.5. The van der Waals surface area contributed by atoms with Gasteiger partial charge in [0.15, 0.2) is 0 Å². The molecule has 2 rings (SSSR count). The molecule has 108 valence electrons. The molecule has 0 aliphatic heterocycles. The standard InChI is InChI=1S/C14H18Cl2N4/c1-20-13(6-7-18-20)5-4-12(19-17)8-10-2-3-11(15)9-14(10)16/h2-3,6-7,9,12,19H,4-5,8,17H2,1H3. The Morgan fingerprint density at radius 3 is 2.75 bits per heavy atom. The first kappa shape index (κ1) is 15.3. The van der Waals surface area contributed by atoms with Gasteiger partial charge < -0.3 is 0 Å². The van der Waals surface area contributed by atoms with E-state index in [0.29, 0.717) is 10.0 Å². The monoisotopic (exact) mass is 312 g/mol. The third-order valence-electron chi connectivity index (χ3n) is 3.39. The summed E-state index contributed by atoms with van der Waals surface area (Å²) in [5.41, 5.74) is 5.09. The van der Waals surface area contributed by atoms with Crippen molar-refractivity contribution in [3.63, 3.8) is 0 Å². The highest BCUT2D eigenvalue weighted by Crippen LogP contribution is 2.22. The van der Waals surface area contributed by atoms with Crippen LogP contribution in [0.15, 0.2) is 30.5 Å². The molecule has 2 aromatic rings. The molecule has 3 N–H and O–H groups in total. The molecular weight excluding hydrogens is 295 g/mol. The number of halogens is 2. The second kappa shape index (κ2) is 7.09. The third kappa shape index (κ3) is 3.96. The molecular formula is C14H18Cl2N4. The van der Waals surface area contributed by atoms with Gasteiger partial charge in [-0.05, 0) is 43.0 Å². The van der Waals surface area contributed by atoms with Crippen LogP contribution < -0.4 is 11.3 Å². The molecule has 1 atom stereocenters. The molecule has 4 nitrogen and oxygen atoms in total. The Hall–Kier alpha value is -1.07. The zero-order valence-corrected chi connectivity index (χ0v) is 12.8. The third-order valence-corrected chi connectivity index (χ3v) is 3.98. The Bertz CT molecular complexity index is 568. The van der Waals surface area contributed by atoms with E-state index in [-0.39, 0.29) is 6.04 Å². The summed E-state index contributed by atoms with van der Waals surface area (Å²) in [4.78, 5) is 0. The summed E-state index contributed by atoms with van der Waals surface area (Å²) >= 11 is 12.1. The van der Waals surface area contributed by atoms with Crippen molar-refractivity contribution in [2.24, 2.45) is 12.9 Å². The molecule has 0 spiro atoms. The lowest BCUT2D eigenvalue weighted by molar-refractivity contribution is 0.484. The van der Waals surface area contributed by atoms with Crippen molar-refractivity contribution in [2.75, 3.05) is 0 Å². The summed E-state index contributed by atoms with van der Waals surface area (Å²) in [7, 11) is 1.94. The first-order valence-corrected chi connectivity index (χ1v) is 7.22. The van der Waals surface area contributed by atoms with Gasteiger partial charge in [-0.3, -0.25) is 16.0 Å². The van der Waals surface area contributed by atoms with Gasteiger partial charge in [-0.15, -0.1) is 0 Å². The zero-order chi connectivity index (χ0) is 14.5. The topological polar surface area (TPSA) is 55.9 Å². The molecule has 0 amide bonds. The van der Waals surface area contributed by atoms with E-state index in [9.17, 15) is 0 Å². The van der Waals surface area contributed by atoms with Crippen molar-refractivity contribution in [3.05, 3.63) is 51.8 Å². The van der Waals surface area contributed by atoms with Crippen molar-refractivity contribution in [2.45, 2.75) is 25.3 Å². The molecule has 0 fully saturated rings. The van der Waals surface area contributed by atoms with Gasteiger partial charge in [-0.1, -0.05) is 29.3 Å². The lowest BCUT2D eigenvalue weighted by Crippen LogP contribution is -2.37. The molecule has 0 aliphatic rings. The molecule has 6 heteroatoms. The van der Waals surface area contributed by atoms with Crippen molar-refractivity contribution < 1.29 is 0 Å². The van der Waals surface area contributed by atoms with Crippen LogP contribution in [0, 0.1) is 0 Å². The summed E-state index contributed by atoms with van der Waals surface area (Å²) in [5.74, 6) is 5.64. The van der Waals surface area contributed by atoms with E-state index >= 15 is 0 Å². The van der Waals surface area contributed by atoms with Crippen molar-refractivity contribution in [1.29, 1.82) is 0 Å². The van der Waals surface area contributed by atoms with Crippen LogP contribution in [-0.2, 0) is 19.9 Å². The van der Waals surface area contributed by atoms with Gasteiger partial charge in [-0.2, -0.15) is 5.10 Å². The number of hydrogen-bond acceptors (Lipinski definition) is 3. The van der Waals surface area contributed by atoms with Crippen molar-refractivity contribution in [1.82, 2.24) is 15.2 Å². The smallest absolute Gasteiger partial charge is 0.0492 e. The van der Waals surface area contributed by atoms with E-state index in [4.69, 9.17) is 29.0 Å². The molecule has 0 saturated heterocycles. The number of hydrazine groups is 1. The molecule has 1 aromatic carbocycles. The number of benzene rings is 1. The molecule has 0 aliphatic carbocycles. The second-order valence-electron chi connectivity index (χ2n) is 4.79. The number of nitrogens with zero attached hydrogens (tertiary/aromatic N) is 2. The van der Waals surface area contributed by atoms with Gasteiger partial charge >= 0.3 is 0 Å². The van der Waals surface area contributed by atoms with Gasteiger partial charge in [0, 0.05) is 35.0 Å². The lowest BCUT2D eigenvalue weighted by atomic mass is 10.0. The first-order valence-electron chi connectivity index (χ1n) is 6.47. The number of rotatable bonds is 6. The van der Waals surface area contributed by atoms with Crippen LogP contribution in [0.5, 0.6) is 0 Å². The zero-order valence-electron chi connectivity index (χ0n) is 11.3. The molecule has 20 heavy (non-hydrogen) atoms. The fraction of sp³-hybridized carbons (Fsp3) is 0.357. The van der Waals surface area contributed by atoms with E-state index in [1.54, 1.807) is 12.3 Å². The Morgan fingerprint density at radius 1 is 1.35 bits per heavy atom. The minimum absolute atomic E-state index is 0.156. The Morgan fingerprint density at radius 2 is 2.15 bits per heavy atom. The molecule has 0 saturated carbocycles. The van der Waals surface area contributed by atoms with Crippen LogP contribution in [-0.4, -0.2) is 15.8 Å². The SMILES string of the molecule is Cn1nccc1CCC(Cc1ccc(Cl)cc1Cl)NN. The van der Waals surface area contributed by atoms with Crippen molar-refractivity contribution in [3.8, 4) is 0 Å². The van der Waals surface area contributed by atoms with Crippen LogP contribution in [0.4, 0.5) is 0 Å². The molecule has 1 aromatic heterocycles. The fourth-order valence-corrected chi connectivity index (χ4v) is 2.65. The van der Waals surface area contributed by atoms with Gasteiger partial charge in [0.25, 0.3) is 0 Å². The average Bonchev–Trinajstić information content (AvgIpc) is 2.82. The van der Waals surface area contributed by atoms with E-state index < -0.39 is 0 Å².